The molecular weight excluding hydrogens is 340 g/mol. The molecule has 27 heavy (non-hydrogen) atoms. The van der Waals surface area contributed by atoms with E-state index in [-0.39, 0.29) is 5.91 Å². The highest BCUT2D eigenvalue weighted by atomic mass is 16.5. The van der Waals surface area contributed by atoms with Crippen molar-refractivity contribution < 1.29 is 9.53 Å². The summed E-state index contributed by atoms with van der Waals surface area (Å²) < 4.78 is 5.83. The minimum absolute atomic E-state index is 0.0935. The molecule has 2 heterocycles. The van der Waals surface area contributed by atoms with Crippen molar-refractivity contribution in [1.29, 1.82) is 0 Å². The summed E-state index contributed by atoms with van der Waals surface area (Å²) >= 11 is 0. The number of nitrogens with one attached hydrogen (secondary N) is 2. The summed E-state index contributed by atoms with van der Waals surface area (Å²) in [5.41, 5.74) is 2.47. The van der Waals surface area contributed by atoms with Crippen LogP contribution >= 0.6 is 0 Å². The fourth-order valence-electron chi connectivity index (χ4n) is 3.79. The standard InChI is InChI=1S/C21H24N4O2/c26-21(17-14-24-25-19(17)15-6-2-1-3-7-15)23-12-13-27-18-10-4-8-16-9-5-11-22-20(16)18/h4-5,8-11,14-15H,1-3,6-7,12-13H2,(H,23,26)(H,24,25). The molecule has 2 aromatic heterocycles. The maximum atomic E-state index is 12.6. The zero-order chi connectivity index (χ0) is 18.5. The number of hydrogen-bond donors (Lipinski definition) is 2. The molecule has 1 aliphatic rings. The number of ether oxygens (including phenoxy) is 1. The van der Waals surface area contributed by atoms with Gasteiger partial charge in [-0.25, -0.2) is 0 Å². The number of amides is 1. The Balaban J connectivity index is 1.33. The summed E-state index contributed by atoms with van der Waals surface area (Å²) in [4.78, 5) is 16.9. The van der Waals surface area contributed by atoms with Gasteiger partial charge in [0.25, 0.3) is 5.91 Å². The highest BCUT2D eigenvalue weighted by molar-refractivity contribution is 5.95. The Morgan fingerprint density at radius 3 is 2.93 bits per heavy atom. The predicted octanol–water partition coefficient (Wildman–Crippen LogP) is 3.81. The molecule has 2 N–H and O–H groups in total. The third kappa shape index (κ3) is 3.94. The van der Waals surface area contributed by atoms with Crippen LogP contribution in [0.5, 0.6) is 5.75 Å². The van der Waals surface area contributed by atoms with Crippen LogP contribution in [0.3, 0.4) is 0 Å². The van der Waals surface area contributed by atoms with Gasteiger partial charge in [0.1, 0.15) is 17.9 Å². The van der Waals surface area contributed by atoms with E-state index in [2.05, 4.69) is 20.5 Å². The van der Waals surface area contributed by atoms with Crippen molar-refractivity contribution in [3.63, 3.8) is 0 Å². The quantitative estimate of drug-likeness (QED) is 0.652. The van der Waals surface area contributed by atoms with Gasteiger partial charge in [-0.15, -0.1) is 0 Å². The van der Waals surface area contributed by atoms with Gasteiger partial charge in [-0.1, -0.05) is 37.5 Å². The van der Waals surface area contributed by atoms with Crippen LogP contribution in [0, 0.1) is 0 Å². The van der Waals surface area contributed by atoms with E-state index in [0.717, 1.165) is 35.2 Å². The van der Waals surface area contributed by atoms with E-state index in [9.17, 15) is 4.79 Å². The first-order valence-corrected chi connectivity index (χ1v) is 9.61. The summed E-state index contributed by atoms with van der Waals surface area (Å²) in [6.07, 6.45) is 9.36. The summed E-state index contributed by atoms with van der Waals surface area (Å²) in [7, 11) is 0. The first kappa shape index (κ1) is 17.5. The van der Waals surface area contributed by atoms with E-state index in [1.165, 1.54) is 19.3 Å². The third-order valence-corrected chi connectivity index (χ3v) is 5.17. The zero-order valence-corrected chi connectivity index (χ0v) is 15.3. The molecular formula is C21H24N4O2. The summed E-state index contributed by atoms with van der Waals surface area (Å²) in [6.45, 7) is 0.815. The van der Waals surface area contributed by atoms with E-state index in [0.29, 0.717) is 24.6 Å². The molecule has 1 amide bonds. The average Bonchev–Trinajstić information content (AvgIpc) is 3.22. The Bertz CT molecular complexity index is 910. The Labute approximate surface area is 158 Å². The van der Waals surface area contributed by atoms with Gasteiger partial charge in [0.05, 0.1) is 24.0 Å². The Morgan fingerprint density at radius 2 is 2.04 bits per heavy atom. The molecule has 0 bridgehead atoms. The molecule has 0 radical (unpaired) electrons. The molecule has 1 aliphatic carbocycles. The molecule has 3 aromatic rings. The normalized spacial score (nSPS) is 15.0. The number of aromatic nitrogens is 3. The van der Waals surface area contributed by atoms with Gasteiger partial charge in [0.2, 0.25) is 0 Å². The monoisotopic (exact) mass is 364 g/mol. The topological polar surface area (TPSA) is 79.9 Å². The van der Waals surface area contributed by atoms with Gasteiger partial charge in [0, 0.05) is 17.5 Å². The van der Waals surface area contributed by atoms with Gasteiger partial charge in [-0.3, -0.25) is 14.9 Å². The zero-order valence-electron chi connectivity index (χ0n) is 15.3. The molecule has 1 saturated carbocycles. The number of rotatable bonds is 6. The van der Waals surface area contributed by atoms with Crippen molar-refractivity contribution >= 4 is 16.8 Å². The molecule has 1 fully saturated rings. The molecule has 0 atom stereocenters. The summed E-state index contributed by atoms with van der Waals surface area (Å²) in [5, 5.41) is 11.1. The highest BCUT2D eigenvalue weighted by Crippen LogP contribution is 2.33. The SMILES string of the molecule is O=C(NCCOc1cccc2cccnc12)c1cn[nH]c1C1CCCCC1. The van der Waals surface area contributed by atoms with E-state index in [1.54, 1.807) is 12.4 Å². The number of fused-ring (bicyclic) bond motifs is 1. The number of para-hydroxylation sites is 1. The number of benzene rings is 1. The van der Waals surface area contributed by atoms with Gasteiger partial charge in [-0.2, -0.15) is 5.10 Å². The van der Waals surface area contributed by atoms with Crippen LogP contribution in [0.15, 0.2) is 42.7 Å². The van der Waals surface area contributed by atoms with Crippen molar-refractivity contribution in [2.45, 2.75) is 38.0 Å². The minimum atomic E-state index is -0.0935. The first-order chi connectivity index (χ1) is 13.3. The van der Waals surface area contributed by atoms with Crippen LogP contribution in [0.1, 0.15) is 54.1 Å². The second-order valence-corrected chi connectivity index (χ2v) is 6.97. The molecule has 4 rings (SSSR count). The van der Waals surface area contributed by atoms with E-state index in [1.807, 2.05) is 30.3 Å². The van der Waals surface area contributed by atoms with Crippen molar-refractivity contribution in [1.82, 2.24) is 20.5 Å². The fourth-order valence-corrected chi connectivity index (χ4v) is 3.79. The number of pyridine rings is 1. The van der Waals surface area contributed by atoms with E-state index in [4.69, 9.17) is 4.74 Å². The van der Waals surface area contributed by atoms with Crippen molar-refractivity contribution in [2.75, 3.05) is 13.2 Å². The maximum Gasteiger partial charge on any atom is 0.254 e. The van der Waals surface area contributed by atoms with Crippen molar-refractivity contribution in [3.05, 3.63) is 54.0 Å². The lowest BCUT2D eigenvalue weighted by atomic mass is 9.85. The van der Waals surface area contributed by atoms with E-state index < -0.39 is 0 Å². The van der Waals surface area contributed by atoms with Crippen LogP contribution in [-0.4, -0.2) is 34.2 Å². The number of aromatic amines is 1. The lowest BCUT2D eigenvalue weighted by molar-refractivity contribution is 0.0945. The van der Waals surface area contributed by atoms with Crippen LogP contribution in [0.4, 0.5) is 0 Å². The van der Waals surface area contributed by atoms with Gasteiger partial charge in [0.15, 0.2) is 0 Å². The van der Waals surface area contributed by atoms with Crippen molar-refractivity contribution in [2.24, 2.45) is 0 Å². The van der Waals surface area contributed by atoms with Crippen LogP contribution < -0.4 is 10.1 Å². The molecule has 0 saturated heterocycles. The number of nitrogens with zero attached hydrogens (tertiary/aromatic N) is 2. The lowest BCUT2D eigenvalue weighted by Gasteiger charge is -2.21. The highest BCUT2D eigenvalue weighted by Gasteiger charge is 2.23. The van der Waals surface area contributed by atoms with Crippen LogP contribution in [0.2, 0.25) is 0 Å². The van der Waals surface area contributed by atoms with Crippen LogP contribution in [-0.2, 0) is 0 Å². The molecule has 0 spiro atoms. The molecule has 0 aliphatic heterocycles. The molecule has 6 nitrogen and oxygen atoms in total. The second-order valence-electron chi connectivity index (χ2n) is 6.97. The number of carbonyl (C=O) groups is 1. The number of carbonyl (C=O) groups excluding carboxylic acids is 1. The van der Waals surface area contributed by atoms with Gasteiger partial charge >= 0.3 is 0 Å². The van der Waals surface area contributed by atoms with Crippen molar-refractivity contribution in [3.8, 4) is 5.75 Å². The molecule has 1 aromatic carbocycles. The lowest BCUT2D eigenvalue weighted by Crippen LogP contribution is -2.29. The average molecular weight is 364 g/mol. The smallest absolute Gasteiger partial charge is 0.254 e. The predicted molar refractivity (Wildman–Crippen MR) is 104 cm³/mol. The third-order valence-electron chi connectivity index (χ3n) is 5.17. The number of hydrogen-bond acceptors (Lipinski definition) is 4. The second kappa shape index (κ2) is 8.20. The Kier molecular flexibility index (Phi) is 5.32. The molecule has 0 unspecified atom stereocenters. The minimum Gasteiger partial charge on any atom is -0.489 e. The Hall–Kier alpha value is -2.89. The maximum absolute atomic E-state index is 12.6. The van der Waals surface area contributed by atoms with E-state index >= 15 is 0 Å². The van der Waals surface area contributed by atoms with Gasteiger partial charge < -0.3 is 10.1 Å². The fraction of sp³-hybridized carbons (Fsp3) is 0.381. The summed E-state index contributed by atoms with van der Waals surface area (Å²) in [6, 6.07) is 9.75. The largest absolute Gasteiger partial charge is 0.489 e. The molecule has 6 heteroatoms. The Morgan fingerprint density at radius 1 is 1.19 bits per heavy atom. The molecule has 140 valence electrons. The first-order valence-electron chi connectivity index (χ1n) is 9.61. The van der Waals surface area contributed by atoms with Crippen LogP contribution in [0.25, 0.3) is 10.9 Å². The number of H-pyrrole nitrogens is 1. The van der Waals surface area contributed by atoms with Gasteiger partial charge in [-0.05, 0) is 25.0 Å². The summed E-state index contributed by atoms with van der Waals surface area (Å²) in [5.74, 6) is 1.05.